The molecule has 0 aliphatic heterocycles. The van der Waals surface area contributed by atoms with Gasteiger partial charge in [0.2, 0.25) is 0 Å². The molecule has 0 saturated heterocycles. The van der Waals surface area contributed by atoms with Crippen molar-refractivity contribution in [3.05, 3.63) is 46.3 Å². The number of rotatable bonds is 1. The zero-order chi connectivity index (χ0) is 15.1. The van der Waals surface area contributed by atoms with Crippen LogP contribution in [-0.2, 0) is 12.8 Å². The van der Waals surface area contributed by atoms with Crippen LogP contribution in [0.25, 0.3) is 21.5 Å². The summed E-state index contributed by atoms with van der Waals surface area (Å²) >= 11 is 1.85. The molecule has 3 aromatic rings. The predicted molar refractivity (Wildman–Crippen MR) is 95.5 cm³/mol. The van der Waals surface area contributed by atoms with E-state index >= 15 is 0 Å². The molecule has 0 bridgehead atoms. The average Bonchev–Trinajstić information content (AvgIpc) is 2.73. The number of benzene rings is 1. The largest absolute Gasteiger partial charge is 0.398 e. The van der Waals surface area contributed by atoms with Crippen molar-refractivity contribution in [3.8, 4) is 11.3 Å². The maximum absolute atomic E-state index is 6.54. The molecule has 1 aliphatic rings. The van der Waals surface area contributed by atoms with Gasteiger partial charge in [-0.3, -0.25) is 0 Å². The number of nitrogens with zero attached hydrogens (tertiary/aromatic N) is 1. The number of thiophene rings is 1. The Morgan fingerprint density at radius 2 is 1.82 bits per heavy atom. The normalized spacial score (nSPS) is 14.8. The van der Waals surface area contributed by atoms with Crippen LogP contribution in [-0.4, -0.2) is 4.98 Å². The van der Waals surface area contributed by atoms with Gasteiger partial charge in [-0.25, -0.2) is 4.98 Å². The molecule has 0 unspecified atom stereocenters. The number of hydrogen-bond donors (Lipinski definition) is 1. The molecule has 0 fully saturated rings. The Hall–Kier alpha value is -1.87. The van der Waals surface area contributed by atoms with Gasteiger partial charge in [0.1, 0.15) is 4.83 Å². The molecular formula is C19H20N2S. The van der Waals surface area contributed by atoms with Crippen LogP contribution in [0.4, 0.5) is 5.69 Å². The zero-order valence-electron chi connectivity index (χ0n) is 12.9. The van der Waals surface area contributed by atoms with E-state index in [4.69, 9.17) is 10.7 Å². The Morgan fingerprint density at radius 1 is 1.05 bits per heavy atom. The van der Waals surface area contributed by atoms with Crippen molar-refractivity contribution in [2.75, 3.05) is 5.73 Å². The van der Waals surface area contributed by atoms with Crippen LogP contribution in [0.5, 0.6) is 0 Å². The number of aromatic nitrogens is 1. The Labute approximate surface area is 135 Å². The number of anilines is 1. The van der Waals surface area contributed by atoms with Crippen LogP contribution in [0, 0.1) is 6.92 Å². The van der Waals surface area contributed by atoms with Crippen LogP contribution in [0.15, 0.2) is 30.3 Å². The second-order valence-electron chi connectivity index (χ2n) is 6.11. The number of fused-ring (bicyclic) bond motifs is 3. The van der Waals surface area contributed by atoms with Gasteiger partial charge in [0.15, 0.2) is 0 Å². The maximum Gasteiger partial charge on any atom is 0.126 e. The molecule has 2 heterocycles. The van der Waals surface area contributed by atoms with Crippen molar-refractivity contribution in [1.29, 1.82) is 0 Å². The topological polar surface area (TPSA) is 38.9 Å². The Morgan fingerprint density at radius 3 is 2.64 bits per heavy atom. The summed E-state index contributed by atoms with van der Waals surface area (Å²) in [4.78, 5) is 7.61. The summed E-state index contributed by atoms with van der Waals surface area (Å²) in [5, 5.41) is 1.24. The highest BCUT2D eigenvalue weighted by Crippen LogP contribution is 2.41. The van der Waals surface area contributed by atoms with Gasteiger partial charge in [0.25, 0.3) is 0 Å². The molecule has 0 atom stereocenters. The van der Waals surface area contributed by atoms with Gasteiger partial charge in [-0.05, 0) is 43.7 Å². The van der Waals surface area contributed by atoms with Crippen molar-refractivity contribution in [2.24, 2.45) is 0 Å². The third-order valence-corrected chi connectivity index (χ3v) is 5.88. The van der Waals surface area contributed by atoms with Gasteiger partial charge in [-0.15, -0.1) is 11.3 Å². The molecule has 2 N–H and O–H groups in total. The lowest BCUT2D eigenvalue weighted by Gasteiger charge is -2.10. The first kappa shape index (κ1) is 13.8. The maximum atomic E-state index is 6.54. The molecular weight excluding hydrogens is 288 g/mol. The first-order chi connectivity index (χ1) is 10.8. The van der Waals surface area contributed by atoms with Gasteiger partial charge < -0.3 is 5.73 Å². The standard InChI is InChI=1S/C19H20N2S/c1-12-17(20)16-14-10-6-3-7-11-15(14)22-19(16)21-18(12)13-8-4-2-5-9-13/h2,4-5,8-9H,3,6-7,10-11H2,1H3,(H2,20,21). The van der Waals surface area contributed by atoms with E-state index in [2.05, 4.69) is 31.2 Å². The minimum absolute atomic E-state index is 0.934. The summed E-state index contributed by atoms with van der Waals surface area (Å²) in [7, 11) is 0. The quantitative estimate of drug-likeness (QED) is 0.633. The van der Waals surface area contributed by atoms with Crippen LogP contribution >= 0.6 is 11.3 Å². The van der Waals surface area contributed by atoms with E-state index in [1.54, 1.807) is 0 Å². The predicted octanol–water partition coefficient (Wildman–Crippen LogP) is 5.12. The highest BCUT2D eigenvalue weighted by Gasteiger charge is 2.20. The summed E-state index contributed by atoms with van der Waals surface area (Å²) in [6.45, 7) is 2.10. The lowest BCUT2D eigenvalue weighted by molar-refractivity contribution is 0.713. The monoisotopic (exact) mass is 308 g/mol. The van der Waals surface area contributed by atoms with E-state index in [-0.39, 0.29) is 0 Å². The minimum atomic E-state index is 0.934. The van der Waals surface area contributed by atoms with E-state index in [0.29, 0.717) is 0 Å². The van der Waals surface area contributed by atoms with E-state index in [0.717, 1.165) is 33.8 Å². The first-order valence-electron chi connectivity index (χ1n) is 8.01. The molecule has 4 rings (SSSR count). The van der Waals surface area contributed by atoms with E-state index in [9.17, 15) is 0 Å². The van der Waals surface area contributed by atoms with Gasteiger partial charge >= 0.3 is 0 Å². The van der Waals surface area contributed by atoms with E-state index < -0.39 is 0 Å². The fourth-order valence-corrected chi connectivity index (χ4v) is 4.74. The van der Waals surface area contributed by atoms with Crippen molar-refractivity contribution in [1.82, 2.24) is 4.98 Å². The fourth-order valence-electron chi connectivity index (χ4n) is 3.46. The Bertz CT molecular complexity index is 834. The molecule has 1 aliphatic carbocycles. The second kappa shape index (κ2) is 5.40. The molecule has 0 amide bonds. The summed E-state index contributed by atoms with van der Waals surface area (Å²) < 4.78 is 0. The molecule has 112 valence electrons. The summed E-state index contributed by atoms with van der Waals surface area (Å²) in [5.74, 6) is 0. The van der Waals surface area contributed by atoms with Crippen LogP contribution in [0.1, 0.15) is 35.3 Å². The third kappa shape index (κ3) is 2.12. The van der Waals surface area contributed by atoms with Crippen molar-refractivity contribution >= 4 is 27.2 Å². The zero-order valence-corrected chi connectivity index (χ0v) is 13.7. The molecule has 1 aromatic carbocycles. The highest BCUT2D eigenvalue weighted by atomic mass is 32.1. The number of hydrogen-bond acceptors (Lipinski definition) is 3. The van der Waals surface area contributed by atoms with E-state index in [1.807, 2.05) is 17.4 Å². The van der Waals surface area contributed by atoms with E-state index in [1.165, 1.54) is 41.5 Å². The number of nitrogen functional groups attached to an aromatic ring is 1. The van der Waals surface area contributed by atoms with Gasteiger partial charge in [0.05, 0.1) is 5.69 Å². The molecule has 2 aromatic heterocycles. The van der Waals surface area contributed by atoms with Crippen LogP contribution < -0.4 is 5.73 Å². The number of aryl methyl sites for hydroxylation is 2. The van der Waals surface area contributed by atoms with Crippen LogP contribution in [0.2, 0.25) is 0 Å². The Kier molecular flexibility index (Phi) is 3.38. The third-order valence-electron chi connectivity index (χ3n) is 4.69. The molecule has 3 heteroatoms. The van der Waals surface area contributed by atoms with Gasteiger partial charge in [-0.2, -0.15) is 0 Å². The molecule has 0 saturated carbocycles. The summed E-state index contributed by atoms with van der Waals surface area (Å²) in [6, 6.07) is 10.4. The number of nitrogens with two attached hydrogens (primary N) is 1. The lowest BCUT2D eigenvalue weighted by Crippen LogP contribution is -1.98. The highest BCUT2D eigenvalue weighted by molar-refractivity contribution is 7.19. The lowest BCUT2D eigenvalue weighted by atomic mass is 10.0. The van der Waals surface area contributed by atoms with Crippen molar-refractivity contribution in [3.63, 3.8) is 0 Å². The van der Waals surface area contributed by atoms with Crippen LogP contribution in [0.3, 0.4) is 0 Å². The summed E-state index contributed by atoms with van der Waals surface area (Å²) in [6.07, 6.45) is 6.25. The molecule has 22 heavy (non-hydrogen) atoms. The average molecular weight is 308 g/mol. The first-order valence-corrected chi connectivity index (χ1v) is 8.83. The summed E-state index contributed by atoms with van der Waals surface area (Å²) in [5.41, 5.74) is 12.2. The SMILES string of the molecule is Cc1c(-c2ccccc2)nc2sc3c(c2c1N)CCCCC3. The van der Waals surface area contributed by atoms with Crippen molar-refractivity contribution < 1.29 is 0 Å². The number of pyridine rings is 1. The van der Waals surface area contributed by atoms with Gasteiger partial charge in [0, 0.05) is 21.5 Å². The fraction of sp³-hybridized carbons (Fsp3) is 0.316. The van der Waals surface area contributed by atoms with Crippen molar-refractivity contribution in [2.45, 2.75) is 39.0 Å². The molecule has 0 spiro atoms. The molecule has 2 nitrogen and oxygen atoms in total. The smallest absolute Gasteiger partial charge is 0.126 e. The minimum Gasteiger partial charge on any atom is -0.398 e. The Balaban J connectivity index is 1.98. The van der Waals surface area contributed by atoms with Gasteiger partial charge in [-0.1, -0.05) is 36.8 Å². The molecule has 0 radical (unpaired) electrons. The second-order valence-corrected chi connectivity index (χ2v) is 7.19.